The Bertz CT molecular complexity index is 625. The largest absolute Gasteiger partial charge is 0.387 e. The third-order valence-corrected chi connectivity index (χ3v) is 4.03. The van der Waals surface area contributed by atoms with Gasteiger partial charge in [0.05, 0.1) is 23.2 Å². The molecular formula is C14H14Cl2N2O2S. The summed E-state index contributed by atoms with van der Waals surface area (Å²) in [5, 5.41) is 16.4. The molecule has 0 bridgehead atoms. The van der Waals surface area contributed by atoms with Gasteiger partial charge < -0.3 is 10.4 Å². The Morgan fingerprint density at radius 1 is 1.38 bits per heavy atom. The van der Waals surface area contributed by atoms with Crippen LogP contribution in [0.1, 0.15) is 22.4 Å². The molecule has 0 saturated heterocycles. The third kappa shape index (κ3) is 4.97. The van der Waals surface area contributed by atoms with Gasteiger partial charge in [0.1, 0.15) is 0 Å². The number of halogens is 2. The molecule has 21 heavy (non-hydrogen) atoms. The fourth-order valence-electron chi connectivity index (χ4n) is 1.81. The van der Waals surface area contributed by atoms with Crippen LogP contribution in [-0.4, -0.2) is 22.5 Å². The Kier molecular flexibility index (Phi) is 5.58. The molecule has 1 amide bonds. The summed E-state index contributed by atoms with van der Waals surface area (Å²) in [7, 11) is 0. The SMILES string of the molecule is Cc1nc(CC(=O)NCC(O)c2cc(Cl)cc(Cl)c2)cs1. The molecule has 112 valence electrons. The Balaban J connectivity index is 1.88. The highest BCUT2D eigenvalue weighted by Gasteiger charge is 2.12. The highest BCUT2D eigenvalue weighted by atomic mass is 35.5. The lowest BCUT2D eigenvalue weighted by atomic mass is 10.1. The monoisotopic (exact) mass is 344 g/mol. The number of rotatable bonds is 5. The standard InChI is InChI=1S/C14H14Cl2N2O2S/c1-8-18-12(7-21-8)5-14(20)17-6-13(19)9-2-10(15)4-11(16)3-9/h2-4,7,13,19H,5-6H2,1H3,(H,17,20). The van der Waals surface area contributed by atoms with E-state index in [2.05, 4.69) is 10.3 Å². The number of thiazole rings is 1. The van der Waals surface area contributed by atoms with Crippen LogP contribution >= 0.6 is 34.5 Å². The van der Waals surface area contributed by atoms with Crippen molar-refractivity contribution in [1.29, 1.82) is 0 Å². The summed E-state index contributed by atoms with van der Waals surface area (Å²) in [5.74, 6) is -0.188. The van der Waals surface area contributed by atoms with Gasteiger partial charge in [-0.2, -0.15) is 0 Å². The van der Waals surface area contributed by atoms with Crippen molar-refractivity contribution in [2.24, 2.45) is 0 Å². The number of aryl methyl sites for hydroxylation is 1. The van der Waals surface area contributed by atoms with Gasteiger partial charge in [-0.15, -0.1) is 11.3 Å². The number of nitrogens with zero attached hydrogens (tertiary/aromatic N) is 1. The predicted molar refractivity (Wildman–Crippen MR) is 85.0 cm³/mol. The number of benzene rings is 1. The summed E-state index contributed by atoms with van der Waals surface area (Å²) >= 11 is 13.3. The number of hydrogen-bond donors (Lipinski definition) is 2. The van der Waals surface area contributed by atoms with Crippen molar-refractivity contribution in [1.82, 2.24) is 10.3 Å². The number of nitrogens with one attached hydrogen (secondary N) is 1. The number of amides is 1. The first-order chi connectivity index (χ1) is 9.94. The van der Waals surface area contributed by atoms with Crippen molar-refractivity contribution in [3.05, 3.63) is 49.9 Å². The molecule has 1 aromatic heterocycles. The molecule has 1 atom stereocenters. The summed E-state index contributed by atoms with van der Waals surface area (Å²) in [6.45, 7) is 1.98. The van der Waals surface area contributed by atoms with Gasteiger partial charge in [0.2, 0.25) is 5.91 Å². The van der Waals surface area contributed by atoms with E-state index in [9.17, 15) is 9.90 Å². The van der Waals surface area contributed by atoms with Crippen LogP contribution in [0.5, 0.6) is 0 Å². The zero-order valence-electron chi connectivity index (χ0n) is 11.3. The second-order valence-corrected chi connectivity index (χ2v) is 6.49. The van der Waals surface area contributed by atoms with Gasteiger partial charge in [-0.05, 0) is 30.7 Å². The molecule has 0 fully saturated rings. The second kappa shape index (κ2) is 7.22. The molecule has 1 aromatic carbocycles. The van der Waals surface area contributed by atoms with E-state index in [4.69, 9.17) is 23.2 Å². The van der Waals surface area contributed by atoms with Gasteiger partial charge in [0.25, 0.3) is 0 Å². The highest BCUT2D eigenvalue weighted by Crippen LogP contribution is 2.23. The summed E-state index contributed by atoms with van der Waals surface area (Å²) in [5.41, 5.74) is 1.30. The fraction of sp³-hybridized carbons (Fsp3) is 0.286. The molecule has 2 aromatic rings. The lowest BCUT2D eigenvalue weighted by Crippen LogP contribution is -2.29. The molecule has 0 saturated carbocycles. The van der Waals surface area contributed by atoms with Gasteiger partial charge in [-0.1, -0.05) is 23.2 Å². The molecule has 1 heterocycles. The first-order valence-electron chi connectivity index (χ1n) is 6.26. The van der Waals surface area contributed by atoms with E-state index in [0.717, 1.165) is 10.7 Å². The van der Waals surface area contributed by atoms with E-state index in [-0.39, 0.29) is 18.9 Å². The topological polar surface area (TPSA) is 62.2 Å². The molecule has 0 spiro atoms. The number of aliphatic hydroxyl groups is 1. The van der Waals surface area contributed by atoms with Crippen LogP contribution in [-0.2, 0) is 11.2 Å². The minimum Gasteiger partial charge on any atom is -0.387 e. The van der Waals surface area contributed by atoms with Gasteiger partial charge in [0, 0.05) is 22.0 Å². The van der Waals surface area contributed by atoms with Crippen molar-refractivity contribution in [2.45, 2.75) is 19.4 Å². The maximum absolute atomic E-state index is 11.8. The van der Waals surface area contributed by atoms with Crippen LogP contribution in [0.3, 0.4) is 0 Å². The first-order valence-corrected chi connectivity index (χ1v) is 7.89. The smallest absolute Gasteiger partial charge is 0.226 e. The molecule has 0 aliphatic heterocycles. The number of aliphatic hydroxyl groups excluding tert-OH is 1. The quantitative estimate of drug-likeness (QED) is 0.875. The number of aromatic nitrogens is 1. The van der Waals surface area contributed by atoms with Crippen LogP contribution in [0.2, 0.25) is 10.0 Å². The molecule has 7 heteroatoms. The predicted octanol–water partition coefficient (Wildman–Crippen LogP) is 3.15. The van der Waals surface area contributed by atoms with Gasteiger partial charge >= 0.3 is 0 Å². The zero-order valence-corrected chi connectivity index (χ0v) is 13.6. The Morgan fingerprint density at radius 2 is 2.05 bits per heavy atom. The summed E-state index contributed by atoms with van der Waals surface area (Å²) in [6, 6.07) is 4.82. The lowest BCUT2D eigenvalue weighted by Gasteiger charge is -2.13. The van der Waals surface area contributed by atoms with Crippen molar-refractivity contribution in [3.63, 3.8) is 0 Å². The Morgan fingerprint density at radius 3 is 2.62 bits per heavy atom. The fourth-order valence-corrected chi connectivity index (χ4v) is 2.97. The van der Waals surface area contributed by atoms with Gasteiger partial charge in [-0.25, -0.2) is 4.98 Å². The second-order valence-electron chi connectivity index (χ2n) is 4.56. The lowest BCUT2D eigenvalue weighted by molar-refractivity contribution is -0.120. The average Bonchev–Trinajstić information content (AvgIpc) is 2.80. The molecule has 0 radical (unpaired) electrons. The summed E-state index contributed by atoms with van der Waals surface area (Å²) in [4.78, 5) is 16.0. The highest BCUT2D eigenvalue weighted by molar-refractivity contribution is 7.09. The minimum atomic E-state index is -0.859. The Hall–Kier alpha value is -1.14. The van der Waals surface area contributed by atoms with Gasteiger partial charge in [-0.3, -0.25) is 4.79 Å². The molecule has 1 unspecified atom stereocenters. The Labute approximate surface area is 136 Å². The molecule has 0 aliphatic carbocycles. The normalized spacial score (nSPS) is 12.2. The van der Waals surface area contributed by atoms with E-state index in [0.29, 0.717) is 15.6 Å². The molecule has 2 rings (SSSR count). The van der Waals surface area contributed by atoms with Crippen molar-refractivity contribution in [2.75, 3.05) is 6.54 Å². The molecular weight excluding hydrogens is 331 g/mol. The van der Waals surface area contributed by atoms with E-state index < -0.39 is 6.10 Å². The van der Waals surface area contributed by atoms with Crippen LogP contribution in [0.25, 0.3) is 0 Å². The van der Waals surface area contributed by atoms with Crippen LogP contribution in [0.15, 0.2) is 23.6 Å². The van der Waals surface area contributed by atoms with Crippen LogP contribution in [0.4, 0.5) is 0 Å². The average molecular weight is 345 g/mol. The van der Waals surface area contributed by atoms with E-state index >= 15 is 0 Å². The number of carbonyl (C=O) groups is 1. The van der Waals surface area contributed by atoms with E-state index in [1.165, 1.54) is 11.3 Å². The van der Waals surface area contributed by atoms with Crippen LogP contribution in [0, 0.1) is 6.92 Å². The third-order valence-electron chi connectivity index (χ3n) is 2.77. The number of carbonyl (C=O) groups excluding carboxylic acids is 1. The summed E-state index contributed by atoms with van der Waals surface area (Å²) < 4.78 is 0. The molecule has 0 aliphatic rings. The van der Waals surface area contributed by atoms with Crippen molar-refractivity contribution >= 4 is 40.4 Å². The van der Waals surface area contributed by atoms with E-state index in [1.807, 2.05) is 12.3 Å². The van der Waals surface area contributed by atoms with Gasteiger partial charge in [0.15, 0.2) is 0 Å². The maximum Gasteiger partial charge on any atom is 0.226 e. The first kappa shape index (κ1) is 16.2. The minimum absolute atomic E-state index is 0.0959. The molecule has 2 N–H and O–H groups in total. The van der Waals surface area contributed by atoms with Crippen LogP contribution < -0.4 is 5.32 Å². The maximum atomic E-state index is 11.8. The molecule has 4 nitrogen and oxygen atoms in total. The zero-order chi connectivity index (χ0) is 15.4. The number of hydrogen-bond acceptors (Lipinski definition) is 4. The van der Waals surface area contributed by atoms with E-state index in [1.54, 1.807) is 18.2 Å². The summed E-state index contributed by atoms with van der Waals surface area (Å²) in [6.07, 6.45) is -0.657. The van der Waals surface area contributed by atoms with Crippen molar-refractivity contribution < 1.29 is 9.90 Å². The van der Waals surface area contributed by atoms with Crippen molar-refractivity contribution in [3.8, 4) is 0 Å².